The summed E-state index contributed by atoms with van der Waals surface area (Å²) in [5.74, 6) is -0.237. The Morgan fingerprint density at radius 1 is 1.02 bits per heavy atom. The number of aryl methyl sites for hydroxylation is 1. The first-order valence-corrected chi connectivity index (χ1v) is 14.4. The lowest BCUT2D eigenvalue weighted by Gasteiger charge is -2.18. The number of hydrogen-bond donors (Lipinski definition) is 1. The second-order valence-electron chi connectivity index (χ2n) is 12.1. The number of nitrogens with zero attached hydrogens (tertiary/aromatic N) is 4. The van der Waals surface area contributed by atoms with E-state index >= 15 is 0 Å². The molecule has 2 aromatic carbocycles. The normalized spacial score (nSPS) is 17.2. The minimum Gasteiger partial charge on any atom is -0.493 e. The van der Waals surface area contributed by atoms with Crippen LogP contribution in [0, 0.1) is 18.8 Å². The van der Waals surface area contributed by atoms with Crippen LogP contribution in [0.3, 0.4) is 0 Å². The highest BCUT2D eigenvalue weighted by Gasteiger charge is 2.40. The van der Waals surface area contributed by atoms with Gasteiger partial charge in [-0.2, -0.15) is 13.2 Å². The Balaban J connectivity index is 1.16. The highest BCUT2D eigenvalue weighted by molar-refractivity contribution is 5.72. The summed E-state index contributed by atoms with van der Waals surface area (Å²) in [4.78, 5) is 25.7. The van der Waals surface area contributed by atoms with Crippen molar-refractivity contribution < 1.29 is 32.2 Å². The molecule has 1 fully saturated rings. The number of benzene rings is 2. The van der Waals surface area contributed by atoms with Crippen molar-refractivity contribution in [3.8, 4) is 17.2 Å². The number of alkyl halides is 3. The predicted octanol–water partition coefficient (Wildman–Crippen LogP) is 6.76. The topological polar surface area (TPSA) is 102 Å². The number of ether oxygens (including phenoxy) is 1. The summed E-state index contributed by atoms with van der Waals surface area (Å²) >= 11 is 0. The number of anilines is 1. The second kappa shape index (κ2) is 12.3. The molecule has 5 rings (SSSR count). The van der Waals surface area contributed by atoms with Crippen LogP contribution in [0.1, 0.15) is 49.0 Å². The molecule has 0 amide bonds. The van der Waals surface area contributed by atoms with E-state index in [4.69, 9.17) is 9.15 Å². The van der Waals surface area contributed by atoms with Crippen LogP contribution >= 0.6 is 0 Å². The van der Waals surface area contributed by atoms with Crippen molar-refractivity contribution in [3.63, 3.8) is 0 Å². The van der Waals surface area contributed by atoms with Crippen LogP contribution in [0.25, 0.3) is 11.5 Å². The molecule has 4 aromatic rings. The summed E-state index contributed by atoms with van der Waals surface area (Å²) in [6.07, 6.45) is -2.57. The molecule has 1 N–H and O–H groups in total. The molecule has 1 aliphatic rings. The van der Waals surface area contributed by atoms with Crippen LogP contribution < -0.4 is 9.64 Å². The van der Waals surface area contributed by atoms with Crippen molar-refractivity contribution in [1.29, 1.82) is 0 Å². The number of rotatable bonds is 9. The molecule has 1 aliphatic heterocycles. The van der Waals surface area contributed by atoms with Crippen LogP contribution in [-0.4, -0.2) is 45.7 Å². The minimum absolute atomic E-state index is 0.0356. The predicted molar refractivity (Wildman–Crippen MR) is 159 cm³/mol. The van der Waals surface area contributed by atoms with Gasteiger partial charge in [0.1, 0.15) is 17.2 Å². The van der Waals surface area contributed by atoms with Crippen LogP contribution in [0.4, 0.5) is 19.1 Å². The van der Waals surface area contributed by atoms with Crippen LogP contribution in [0.15, 0.2) is 65.2 Å². The standard InChI is InChI=1S/C33H35F3N4O4/c1-20-27(38-29(44-20)22-7-9-24(10-8-22)32(2,3)4)14-16-43-25-11-5-21(6-12-25)17-23-18-40(19-26(23)30(41)42)31-37-15-13-28(39-31)33(34,35)36/h5-13,15,23,26H,14,16-19H2,1-4H3,(H,41,42)/t23-,26+/m0/s1. The number of hydrogen-bond acceptors (Lipinski definition) is 7. The largest absolute Gasteiger partial charge is 0.493 e. The van der Waals surface area contributed by atoms with E-state index in [0.717, 1.165) is 34.8 Å². The lowest BCUT2D eigenvalue weighted by molar-refractivity contribution is -0.142. The zero-order valence-electron chi connectivity index (χ0n) is 25.1. The van der Waals surface area contributed by atoms with Crippen molar-refractivity contribution in [3.05, 3.63) is 89.1 Å². The molecular formula is C33H35F3N4O4. The number of halogens is 3. The maximum absolute atomic E-state index is 13.1. The van der Waals surface area contributed by atoms with Gasteiger partial charge in [0.2, 0.25) is 11.8 Å². The summed E-state index contributed by atoms with van der Waals surface area (Å²) in [7, 11) is 0. The first kappa shape index (κ1) is 31.0. The molecule has 44 heavy (non-hydrogen) atoms. The molecule has 3 heterocycles. The van der Waals surface area contributed by atoms with E-state index in [1.807, 2.05) is 43.3 Å². The summed E-state index contributed by atoms with van der Waals surface area (Å²) < 4.78 is 51.2. The summed E-state index contributed by atoms with van der Waals surface area (Å²) in [6, 6.07) is 16.4. The van der Waals surface area contributed by atoms with Gasteiger partial charge < -0.3 is 19.2 Å². The quantitative estimate of drug-likeness (QED) is 0.223. The number of carboxylic acid groups (broad SMARTS) is 1. The van der Waals surface area contributed by atoms with E-state index in [9.17, 15) is 23.1 Å². The monoisotopic (exact) mass is 608 g/mol. The molecule has 2 aromatic heterocycles. The van der Waals surface area contributed by atoms with Crippen molar-refractivity contribution in [2.75, 3.05) is 24.6 Å². The summed E-state index contributed by atoms with van der Waals surface area (Å²) in [6.45, 7) is 9.06. The Kier molecular flexibility index (Phi) is 8.67. The Hall–Kier alpha value is -4.41. The first-order chi connectivity index (χ1) is 20.8. The van der Waals surface area contributed by atoms with E-state index in [1.165, 1.54) is 10.5 Å². The molecule has 0 saturated carbocycles. The SMILES string of the molecule is Cc1oc(-c2ccc(C(C)(C)C)cc2)nc1CCOc1ccc(C[C@H]2CN(c3nccc(C(F)(F)F)n3)C[C@H]2C(=O)O)cc1. The van der Waals surface area contributed by atoms with E-state index in [-0.39, 0.29) is 30.4 Å². The van der Waals surface area contributed by atoms with Gasteiger partial charge in [-0.25, -0.2) is 15.0 Å². The molecule has 0 bridgehead atoms. The average molecular weight is 609 g/mol. The van der Waals surface area contributed by atoms with E-state index in [2.05, 4.69) is 47.9 Å². The number of aromatic nitrogens is 3. The molecule has 232 valence electrons. The fraction of sp³-hybridized carbons (Fsp3) is 0.394. The van der Waals surface area contributed by atoms with Gasteiger partial charge in [-0.15, -0.1) is 0 Å². The van der Waals surface area contributed by atoms with E-state index in [0.29, 0.717) is 31.1 Å². The van der Waals surface area contributed by atoms with Gasteiger partial charge in [0.25, 0.3) is 0 Å². The third kappa shape index (κ3) is 7.20. The van der Waals surface area contributed by atoms with Crippen LogP contribution in [0.5, 0.6) is 5.75 Å². The molecule has 0 unspecified atom stereocenters. The Labute approximate surface area is 253 Å². The second-order valence-corrected chi connectivity index (χ2v) is 12.1. The van der Waals surface area contributed by atoms with Crippen molar-refractivity contribution in [1.82, 2.24) is 15.0 Å². The van der Waals surface area contributed by atoms with E-state index < -0.39 is 23.8 Å². The highest BCUT2D eigenvalue weighted by atomic mass is 19.4. The van der Waals surface area contributed by atoms with Crippen molar-refractivity contribution in [2.24, 2.45) is 11.8 Å². The number of carboxylic acids is 1. The molecule has 0 radical (unpaired) electrons. The zero-order valence-corrected chi connectivity index (χ0v) is 25.1. The highest BCUT2D eigenvalue weighted by Crippen LogP contribution is 2.33. The maximum atomic E-state index is 13.1. The van der Waals surface area contributed by atoms with Crippen LogP contribution in [0.2, 0.25) is 0 Å². The van der Waals surface area contributed by atoms with Gasteiger partial charge in [-0.1, -0.05) is 45.0 Å². The summed E-state index contributed by atoms with van der Waals surface area (Å²) in [5, 5.41) is 9.79. The molecule has 0 aliphatic carbocycles. The lowest BCUT2D eigenvalue weighted by Crippen LogP contribution is -2.25. The van der Waals surface area contributed by atoms with E-state index in [1.54, 1.807) is 0 Å². The van der Waals surface area contributed by atoms with Gasteiger partial charge in [0, 0.05) is 31.3 Å². The van der Waals surface area contributed by atoms with Gasteiger partial charge in [0.15, 0.2) is 0 Å². The van der Waals surface area contributed by atoms with Gasteiger partial charge in [0.05, 0.1) is 18.2 Å². The van der Waals surface area contributed by atoms with Gasteiger partial charge in [-0.05, 0) is 66.1 Å². The fourth-order valence-electron chi connectivity index (χ4n) is 5.37. The third-order valence-corrected chi connectivity index (χ3v) is 7.89. The first-order valence-electron chi connectivity index (χ1n) is 14.4. The smallest absolute Gasteiger partial charge is 0.433 e. The Morgan fingerprint density at radius 3 is 2.36 bits per heavy atom. The molecular weight excluding hydrogens is 573 g/mol. The molecule has 0 spiro atoms. The third-order valence-electron chi connectivity index (χ3n) is 7.89. The Morgan fingerprint density at radius 2 is 1.73 bits per heavy atom. The lowest BCUT2D eigenvalue weighted by atomic mass is 9.87. The minimum atomic E-state index is -4.61. The van der Waals surface area contributed by atoms with Gasteiger partial charge in [-0.3, -0.25) is 4.79 Å². The number of oxazole rings is 1. The molecule has 8 nitrogen and oxygen atoms in total. The Bertz CT molecular complexity index is 1600. The summed E-state index contributed by atoms with van der Waals surface area (Å²) in [5.41, 5.74) is 2.89. The van der Waals surface area contributed by atoms with Crippen LogP contribution in [-0.2, 0) is 29.2 Å². The fourth-order valence-corrected chi connectivity index (χ4v) is 5.37. The number of aliphatic carboxylic acids is 1. The zero-order chi connectivity index (χ0) is 31.6. The molecule has 11 heteroatoms. The van der Waals surface area contributed by atoms with Crippen molar-refractivity contribution >= 4 is 11.9 Å². The number of carbonyl (C=O) groups is 1. The van der Waals surface area contributed by atoms with Crippen molar-refractivity contribution in [2.45, 2.75) is 52.1 Å². The average Bonchev–Trinajstić information content (AvgIpc) is 3.57. The molecule has 2 atom stereocenters. The van der Waals surface area contributed by atoms with Gasteiger partial charge >= 0.3 is 12.1 Å². The molecule has 1 saturated heterocycles. The maximum Gasteiger partial charge on any atom is 0.433 e.